The molecule has 0 aliphatic carbocycles. The van der Waals surface area contributed by atoms with Gasteiger partial charge in [0.05, 0.1) is 0 Å². The predicted molar refractivity (Wildman–Crippen MR) is 71.1 cm³/mol. The number of likely N-dealkylation sites (tertiary alicyclic amines) is 1. The number of phenols is 1. The van der Waals surface area contributed by atoms with Crippen molar-refractivity contribution in [2.75, 3.05) is 6.54 Å². The standard InChI is InChI=1S/C15H23NO/c1-11(2)15-8-5-9-16(15)12(3)13-6-4-7-14(17)10-13/h4,6-7,10-12,15,17H,5,8-9H2,1-3H3. The van der Waals surface area contributed by atoms with E-state index in [1.165, 1.54) is 24.9 Å². The van der Waals surface area contributed by atoms with Crippen molar-refractivity contribution in [2.45, 2.75) is 45.7 Å². The highest BCUT2D eigenvalue weighted by Gasteiger charge is 2.30. The minimum absolute atomic E-state index is 0.370. The highest BCUT2D eigenvalue weighted by Crippen LogP contribution is 2.33. The number of aromatic hydroxyl groups is 1. The fraction of sp³-hybridized carbons (Fsp3) is 0.600. The summed E-state index contributed by atoms with van der Waals surface area (Å²) in [5.41, 5.74) is 1.22. The summed E-state index contributed by atoms with van der Waals surface area (Å²) in [5.74, 6) is 1.08. The van der Waals surface area contributed by atoms with Gasteiger partial charge in [0.1, 0.15) is 5.75 Å². The van der Waals surface area contributed by atoms with Crippen molar-refractivity contribution in [2.24, 2.45) is 5.92 Å². The normalized spacial score (nSPS) is 23.2. The Balaban J connectivity index is 2.16. The molecular formula is C15H23NO. The molecule has 1 fully saturated rings. The maximum Gasteiger partial charge on any atom is 0.115 e. The highest BCUT2D eigenvalue weighted by molar-refractivity contribution is 5.29. The molecular weight excluding hydrogens is 210 g/mol. The van der Waals surface area contributed by atoms with Gasteiger partial charge in [0.25, 0.3) is 0 Å². The molecule has 1 aliphatic heterocycles. The largest absolute Gasteiger partial charge is 0.508 e. The molecule has 0 bridgehead atoms. The lowest BCUT2D eigenvalue weighted by Gasteiger charge is -2.33. The second kappa shape index (κ2) is 5.09. The Morgan fingerprint density at radius 1 is 1.29 bits per heavy atom. The third-order valence-corrected chi connectivity index (χ3v) is 3.96. The smallest absolute Gasteiger partial charge is 0.115 e. The summed E-state index contributed by atoms with van der Waals surface area (Å²) in [6.07, 6.45) is 2.60. The molecule has 0 aromatic heterocycles. The van der Waals surface area contributed by atoms with Crippen LogP contribution in [0.25, 0.3) is 0 Å². The average Bonchev–Trinajstić information content (AvgIpc) is 2.77. The number of nitrogens with zero attached hydrogens (tertiary/aromatic N) is 1. The zero-order chi connectivity index (χ0) is 12.4. The molecule has 1 heterocycles. The van der Waals surface area contributed by atoms with E-state index in [0.29, 0.717) is 23.8 Å². The Morgan fingerprint density at radius 3 is 2.71 bits per heavy atom. The molecule has 0 spiro atoms. The molecule has 0 saturated carbocycles. The molecule has 2 nitrogen and oxygen atoms in total. The van der Waals surface area contributed by atoms with E-state index in [0.717, 1.165) is 0 Å². The van der Waals surface area contributed by atoms with E-state index in [1.54, 1.807) is 6.07 Å². The topological polar surface area (TPSA) is 23.5 Å². The first-order valence-electron chi connectivity index (χ1n) is 6.64. The van der Waals surface area contributed by atoms with Gasteiger partial charge < -0.3 is 5.11 Å². The molecule has 2 atom stereocenters. The molecule has 2 heteroatoms. The van der Waals surface area contributed by atoms with E-state index in [2.05, 4.69) is 31.7 Å². The van der Waals surface area contributed by atoms with Crippen molar-refractivity contribution in [3.05, 3.63) is 29.8 Å². The van der Waals surface area contributed by atoms with Crippen LogP contribution in [0.2, 0.25) is 0 Å². The van der Waals surface area contributed by atoms with Gasteiger partial charge in [-0.1, -0.05) is 26.0 Å². The quantitative estimate of drug-likeness (QED) is 0.862. The van der Waals surface area contributed by atoms with E-state index >= 15 is 0 Å². The SMILES string of the molecule is CC(C)C1CCCN1C(C)c1cccc(O)c1. The van der Waals surface area contributed by atoms with Crippen LogP contribution in [0.3, 0.4) is 0 Å². The maximum absolute atomic E-state index is 9.56. The summed E-state index contributed by atoms with van der Waals surface area (Å²) in [6, 6.07) is 8.76. The van der Waals surface area contributed by atoms with Crippen molar-refractivity contribution < 1.29 is 5.11 Å². The van der Waals surface area contributed by atoms with E-state index < -0.39 is 0 Å². The Hall–Kier alpha value is -1.02. The Kier molecular flexibility index (Phi) is 3.72. The van der Waals surface area contributed by atoms with Crippen LogP contribution < -0.4 is 0 Å². The van der Waals surface area contributed by atoms with Crippen molar-refractivity contribution in [1.29, 1.82) is 0 Å². The number of hydrogen-bond donors (Lipinski definition) is 1. The molecule has 2 unspecified atom stereocenters. The first kappa shape index (κ1) is 12.4. The predicted octanol–water partition coefficient (Wildman–Crippen LogP) is 3.57. The van der Waals surface area contributed by atoms with Crippen LogP contribution in [0.15, 0.2) is 24.3 Å². The molecule has 1 saturated heterocycles. The van der Waals surface area contributed by atoms with Crippen molar-refractivity contribution in [1.82, 2.24) is 4.90 Å². The van der Waals surface area contributed by atoms with Gasteiger partial charge in [-0.2, -0.15) is 0 Å². The lowest BCUT2D eigenvalue weighted by atomic mass is 9.99. The maximum atomic E-state index is 9.56. The lowest BCUT2D eigenvalue weighted by Crippen LogP contribution is -2.35. The molecule has 1 aromatic rings. The van der Waals surface area contributed by atoms with Crippen LogP contribution in [0.5, 0.6) is 5.75 Å². The average molecular weight is 233 g/mol. The van der Waals surface area contributed by atoms with E-state index in [9.17, 15) is 5.11 Å². The number of phenolic OH excluding ortho intramolecular Hbond substituents is 1. The monoisotopic (exact) mass is 233 g/mol. The van der Waals surface area contributed by atoms with Gasteiger partial charge >= 0.3 is 0 Å². The highest BCUT2D eigenvalue weighted by atomic mass is 16.3. The summed E-state index contributed by atoms with van der Waals surface area (Å²) in [5, 5.41) is 9.56. The van der Waals surface area contributed by atoms with Crippen LogP contribution in [-0.2, 0) is 0 Å². The van der Waals surface area contributed by atoms with Gasteiger partial charge in [-0.05, 0) is 49.9 Å². The fourth-order valence-corrected chi connectivity index (χ4v) is 2.99. The molecule has 94 valence electrons. The van der Waals surface area contributed by atoms with Crippen molar-refractivity contribution >= 4 is 0 Å². The zero-order valence-corrected chi connectivity index (χ0v) is 11.1. The van der Waals surface area contributed by atoms with E-state index in [-0.39, 0.29) is 0 Å². The number of hydrogen-bond acceptors (Lipinski definition) is 2. The van der Waals surface area contributed by atoms with Crippen LogP contribution in [0.1, 0.15) is 45.2 Å². The first-order chi connectivity index (χ1) is 8.09. The molecule has 1 N–H and O–H groups in total. The Bertz CT molecular complexity index is 375. The van der Waals surface area contributed by atoms with Gasteiger partial charge in [-0.25, -0.2) is 0 Å². The summed E-state index contributed by atoms with van der Waals surface area (Å²) in [6.45, 7) is 8.03. The van der Waals surface area contributed by atoms with Gasteiger partial charge in [0.15, 0.2) is 0 Å². The van der Waals surface area contributed by atoms with E-state index in [1.807, 2.05) is 12.1 Å². The molecule has 1 aliphatic rings. The van der Waals surface area contributed by atoms with Crippen LogP contribution >= 0.6 is 0 Å². The minimum atomic E-state index is 0.370. The van der Waals surface area contributed by atoms with Gasteiger partial charge in [0, 0.05) is 12.1 Å². The van der Waals surface area contributed by atoms with Crippen molar-refractivity contribution in [3.63, 3.8) is 0 Å². The number of rotatable bonds is 3. The first-order valence-corrected chi connectivity index (χ1v) is 6.64. The van der Waals surface area contributed by atoms with Gasteiger partial charge in [0.2, 0.25) is 0 Å². The molecule has 0 amide bonds. The third-order valence-electron chi connectivity index (χ3n) is 3.96. The van der Waals surface area contributed by atoms with Gasteiger partial charge in [-0.3, -0.25) is 4.90 Å². The molecule has 1 aromatic carbocycles. The third kappa shape index (κ3) is 2.63. The Labute approximate surface area is 104 Å². The second-order valence-corrected chi connectivity index (χ2v) is 5.46. The minimum Gasteiger partial charge on any atom is -0.508 e. The summed E-state index contributed by atoms with van der Waals surface area (Å²) in [4.78, 5) is 2.58. The Morgan fingerprint density at radius 2 is 2.06 bits per heavy atom. The van der Waals surface area contributed by atoms with Gasteiger partial charge in [-0.15, -0.1) is 0 Å². The van der Waals surface area contributed by atoms with E-state index in [4.69, 9.17) is 0 Å². The zero-order valence-electron chi connectivity index (χ0n) is 11.1. The van der Waals surface area contributed by atoms with Crippen LogP contribution in [0, 0.1) is 5.92 Å². The lowest BCUT2D eigenvalue weighted by molar-refractivity contribution is 0.156. The fourth-order valence-electron chi connectivity index (χ4n) is 2.99. The van der Waals surface area contributed by atoms with Crippen LogP contribution in [0.4, 0.5) is 0 Å². The second-order valence-electron chi connectivity index (χ2n) is 5.46. The summed E-state index contributed by atoms with van der Waals surface area (Å²) >= 11 is 0. The van der Waals surface area contributed by atoms with Crippen LogP contribution in [-0.4, -0.2) is 22.6 Å². The number of benzene rings is 1. The molecule has 2 rings (SSSR count). The van der Waals surface area contributed by atoms with Crippen molar-refractivity contribution in [3.8, 4) is 5.75 Å². The summed E-state index contributed by atoms with van der Waals surface area (Å²) in [7, 11) is 0. The molecule has 0 radical (unpaired) electrons. The summed E-state index contributed by atoms with van der Waals surface area (Å²) < 4.78 is 0. The molecule has 17 heavy (non-hydrogen) atoms.